The van der Waals surface area contributed by atoms with Crippen molar-refractivity contribution in [2.75, 3.05) is 6.61 Å². The fraction of sp³-hybridized carbons (Fsp3) is 1.00. The molecule has 5 atom stereocenters. The Kier molecular flexibility index (Phi) is 1.48. The summed E-state index contributed by atoms with van der Waals surface area (Å²) in [6.45, 7) is 0.508. The van der Waals surface area contributed by atoms with Crippen molar-refractivity contribution in [3.63, 3.8) is 0 Å². The lowest BCUT2D eigenvalue weighted by molar-refractivity contribution is -0.0945. The maximum atomic E-state index is 9.40. The number of rotatable bonds is 0. The van der Waals surface area contributed by atoms with E-state index in [4.69, 9.17) is 9.47 Å². The molecule has 3 heteroatoms. The van der Waals surface area contributed by atoms with Crippen LogP contribution < -0.4 is 0 Å². The van der Waals surface area contributed by atoms with E-state index in [0.29, 0.717) is 30.8 Å². The number of fused-ring (bicyclic) bond motifs is 5. The second-order valence-corrected chi connectivity index (χ2v) is 4.14. The van der Waals surface area contributed by atoms with Crippen LogP contribution >= 0.6 is 0 Å². The molecule has 0 amide bonds. The van der Waals surface area contributed by atoms with E-state index in [1.54, 1.807) is 0 Å². The zero-order chi connectivity index (χ0) is 8.13. The minimum absolute atomic E-state index is 0.255. The third-order valence-electron chi connectivity index (χ3n) is 3.38. The average Bonchev–Trinajstić information content (AvgIpc) is 2.63. The highest BCUT2D eigenvalue weighted by atomic mass is 16.6. The number of hydrogen-bond donors (Lipinski definition) is 1. The van der Waals surface area contributed by atoms with Crippen molar-refractivity contribution in [2.24, 2.45) is 5.92 Å². The van der Waals surface area contributed by atoms with Crippen LogP contribution in [-0.2, 0) is 9.47 Å². The molecule has 3 rings (SSSR count). The van der Waals surface area contributed by atoms with Crippen LogP contribution in [0, 0.1) is 5.92 Å². The summed E-state index contributed by atoms with van der Waals surface area (Å²) in [7, 11) is 0. The molecule has 3 aliphatic rings. The van der Waals surface area contributed by atoms with Gasteiger partial charge in [-0.1, -0.05) is 0 Å². The van der Waals surface area contributed by atoms with E-state index < -0.39 is 0 Å². The van der Waals surface area contributed by atoms with E-state index >= 15 is 0 Å². The third-order valence-corrected chi connectivity index (χ3v) is 3.38. The Morgan fingerprint density at radius 3 is 2.92 bits per heavy atom. The van der Waals surface area contributed by atoms with Gasteiger partial charge < -0.3 is 14.6 Å². The first-order chi connectivity index (χ1) is 5.84. The fourth-order valence-corrected chi connectivity index (χ4v) is 2.85. The molecule has 0 aromatic carbocycles. The van der Waals surface area contributed by atoms with E-state index in [0.717, 1.165) is 12.8 Å². The van der Waals surface area contributed by atoms with Crippen molar-refractivity contribution in [3.8, 4) is 0 Å². The van der Waals surface area contributed by atoms with E-state index in [2.05, 4.69) is 0 Å². The van der Waals surface area contributed by atoms with Gasteiger partial charge in [-0.15, -0.1) is 0 Å². The number of ether oxygens (including phenoxy) is 2. The molecule has 3 aliphatic heterocycles. The summed E-state index contributed by atoms with van der Waals surface area (Å²) in [4.78, 5) is 0. The van der Waals surface area contributed by atoms with E-state index in [1.807, 2.05) is 0 Å². The van der Waals surface area contributed by atoms with Gasteiger partial charge in [0.2, 0.25) is 0 Å². The molecule has 4 unspecified atom stereocenters. The van der Waals surface area contributed by atoms with Gasteiger partial charge in [0.15, 0.2) is 0 Å². The van der Waals surface area contributed by atoms with Gasteiger partial charge in [-0.3, -0.25) is 0 Å². The van der Waals surface area contributed by atoms with Gasteiger partial charge in [-0.2, -0.15) is 0 Å². The molecular weight excluding hydrogens is 156 g/mol. The van der Waals surface area contributed by atoms with Crippen LogP contribution in [-0.4, -0.2) is 36.1 Å². The highest BCUT2D eigenvalue weighted by molar-refractivity contribution is 5.00. The molecule has 0 saturated carbocycles. The summed E-state index contributed by atoms with van der Waals surface area (Å²) >= 11 is 0. The van der Waals surface area contributed by atoms with Gasteiger partial charge in [-0.25, -0.2) is 0 Å². The van der Waals surface area contributed by atoms with E-state index in [9.17, 15) is 5.11 Å². The van der Waals surface area contributed by atoms with Crippen LogP contribution in [0.1, 0.15) is 19.3 Å². The Hall–Kier alpha value is -0.120. The first kappa shape index (κ1) is 7.30. The minimum atomic E-state index is -0.255. The number of hydrogen-bond acceptors (Lipinski definition) is 3. The molecule has 0 spiro atoms. The van der Waals surface area contributed by atoms with Gasteiger partial charge in [0.1, 0.15) is 0 Å². The molecule has 0 aliphatic carbocycles. The standard InChI is InChI=1S/C9H14O3/c10-5-3-6-7-1-2-8(12-7)9(6)11-4-5/h5-10H,1-4H2/t5?,6-,7?,8?,9?/m0/s1. The second-order valence-electron chi connectivity index (χ2n) is 4.14. The van der Waals surface area contributed by atoms with Crippen molar-refractivity contribution >= 4 is 0 Å². The molecule has 1 N–H and O–H groups in total. The summed E-state index contributed by atoms with van der Waals surface area (Å²) in [5.74, 6) is 0.479. The van der Waals surface area contributed by atoms with E-state index in [-0.39, 0.29) is 6.10 Å². The summed E-state index contributed by atoms with van der Waals surface area (Å²) in [6, 6.07) is 0. The molecule has 68 valence electrons. The van der Waals surface area contributed by atoms with Crippen LogP contribution in [0.4, 0.5) is 0 Å². The van der Waals surface area contributed by atoms with E-state index in [1.165, 1.54) is 6.42 Å². The predicted molar refractivity (Wildman–Crippen MR) is 41.7 cm³/mol. The molecule has 0 aromatic heterocycles. The summed E-state index contributed by atoms with van der Waals surface area (Å²) < 4.78 is 11.3. The van der Waals surface area contributed by atoms with Crippen molar-refractivity contribution in [3.05, 3.63) is 0 Å². The summed E-state index contributed by atoms with van der Waals surface area (Å²) in [6.07, 6.45) is 3.97. The molecule has 3 heterocycles. The normalized spacial score (nSPS) is 57.2. The minimum Gasteiger partial charge on any atom is -0.391 e. The maximum Gasteiger partial charge on any atom is 0.0891 e. The van der Waals surface area contributed by atoms with Crippen LogP contribution in [0.15, 0.2) is 0 Å². The second kappa shape index (κ2) is 2.44. The first-order valence-corrected chi connectivity index (χ1v) is 4.80. The lowest BCUT2D eigenvalue weighted by Crippen LogP contribution is -2.43. The maximum absolute atomic E-state index is 9.40. The van der Waals surface area contributed by atoms with Crippen LogP contribution in [0.3, 0.4) is 0 Å². The molecule has 0 radical (unpaired) electrons. The lowest BCUT2D eigenvalue weighted by atomic mass is 9.81. The topological polar surface area (TPSA) is 38.7 Å². The summed E-state index contributed by atoms with van der Waals surface area (Å²) in [5, 5.41) is 9.40. The molecule has 12 heavy (non-hydrogen) atoms. The Morgan fingerprint density at radius 1 is 1.17 bits per heavy atom. The first-order valence-electron chi connectivity index (χ1n) is 4.80. The Morgan fingerprint density at radius 2 is 2.00 bits per heavy atom. The van der Waals surface area contributed by atoms with Gasteiger partial charge in [0, 0.05) is 5.92 Å². The predicted octanol–water partition coefficient (Wildman–Crippen LogP) is 0.314. The van der Waals surface area contributed by atoms with Gasteiger partial charge in [0.25, 0.3) is 0 Å². The zero-order valence-corrected chi connectivity index (χ0v) is 6.98. The Bertz CT molecular complexity index is 194. The molecule has 3 saturated heterocycles. The molecule has 3 fully saturated rings. The molecular formula is C9H14O3. The van der Waals surface area contributed by atoms with Crippen LogP contribution in [0.5, 0.6) is 0 Å². The van der Waals surface area contributed by atoms with Crippen LogP contribution in [0.25, 0.3) is 0 Å². The largest absolute Gasteiger partial charge is 0.391 e. The fourth-order valence-electron chi connectivity index (χ4n) is 2.85. The zero-order valence-electron chi connectivity index (χ0n) is 6.98. The van der Waals surface area contributed by atoms with Gasteiger partial charge in [-0.05, 0) is 19.3 Å². The van der Waals surface area contributed by atoms with Crippen molar-refractivity contribution in [1.82, 2.24) is 0 Å². The Labute approximate surface area is 71.7 Å². The highest BCUT2D eigenvalue weighted by Gasteiger charge is 2.51. The summed E-state index contributed by atoms with van der Waals surface area (Å²) in [5.41, 5.74) is 0. The van der Waals surface area contributed by atoms with Gasteiger partial charge >= 0.3 is 0 Å². The quantitative estimate of drug-likeness (QED) is 0.568. The highest BCUT2D eigenvalue weighted by Crippen LogP contribution is 2.44. The number of aliphatic hydroxyl groups is 1. The van der Waals surface area contributed by atoms with Crippen molar-refractivity contribution in [1.29, 1.82) is 0 Å². The SMILES string of the molecule is OC1COC2C3CCC(O3)[C@@H]2C1. The number of aliphatic hydroxyl groups excluding tert-OH is 1. The molecule has 2 bridgehead atoms. The van der Waals surface area contributed by atoms with Crippen molar-refractivity contribution in [2.45, 2.75) is 43.7 Å². The molecule has 3 nitrogen and oxygen atoms in total. The monoisotopic (exact) mass is 170 g/mol. The third kappa shape index (κ3) is 0.873. The van der Waals surface area contributed by atoms with Gasteiger partial charge in [0.05, 0.1) is 31.0 Å². The van der Waals surface area contributed by atoms with Crippen molar-refractivity contribution < 1.29 is 14.6 Å². The average molecular weight is 170 g/mol. The lowest BCUT2D eigenvalue weighted by Gasteiger charge is -2.34. The smallest absolute Gasteiger partial charge is 0.0891 e. The molecule has 0 aromatic rings. The van der Waals surface area contributed by atoms with Crippen LogP contribution in [0.2, 0.25) is 0 Å². The Balaban J connectivity index is 1.81.